The Balaban J connectivity index is 1.78. The van der Waals surface area contributed by atoms with Gasteiger partial charge < -0.3 is 15.7 Å². The number of carbonyl (C=O) groups is 1. The minimum atomic E-state index is -1.13. The Morgan fingerprint density at radius 2 is 1.73 bits per heavy atom. The van der Waals surface area contributed by atoms with E-state index < -0.39 is 18.0 Å². The third-order valence-electron chi connectivity index (χ3n) is 3.09. The summed E-state index contributed by atoms with van der Waals surface area (Å²) in [4.78, 5) is 11.6. The number of hydrogen-bond acceptors (Lipinski definition) is 2. The summed E-state index contributed by atoms with van der Waals surface area (Å²) >= 11 is 0. The average molecular weight is 306 g/mol. The summed E-state index contributed by atoms with van der Waals surface area (Å²) < 4.78 is 26.2. The summed E-state index contributed by atoms with van der Waals surface area (Å²) in [5, 5.41) is 14.9. The Morgan fingerprint density at radius 1 is 1.05 bits per heavy atom. The highest BCUT2D eigenvalue weighted by molar-refractivity contribution is 5.73. The maximum Gasteiger partial charge on any atom is 0.315 e. The van der Waals surface area contributed by atoms with E-state index in [4.69, 9.17) is 0 Å². The molecule has 0 radical (unpaired) electrons. The predicted molar refractivity (Wildman–Crippen MR) is 78.0 cm³/mol. The summed E-state index contributed by atoms with van der Waals surface area (Å²) in [5.74, 6) is -0.871. The van der Waals surface area contributed by atoms with Crippen molar-refractivity contribution in [3.05, 3.63) is 71.3 Å². The van der Waals surface area contributed by atoms with Crippen LogP contribution in [-0.2, 0) is 6.54 Å². The standard InChI is InChI=1S/C16H16F2N2O2/c17-12-7-5-11(6-8-12)9-19-16(22)20-10-15(21)13-3-1-2-4-14(13)18/h1-8,15,21H,9-10H2,(H2,19,20,22)/t15-/m1/s1. The van der Waals surface area contributed by atoms with Crippen molar-refractivity contribution in [2.45, 2.75) is 12.6 Å². The van der Waals surface area contributed by atoms with Gasteiger partial charge in [0, 0.05) is 18.7 Å². The molecule has 116 valence electrons. The van der Waals surface area contributed by atoms with Crippen molar-refractivity contribution in [3.63, 3.8) is 0 Å². The number of halogens is 2. The lowest BCUT2D eigenvalue weighted by molar-refractivity contribution is 0.169. The van der Waals surface area contributed by atoms with Crippen molar-refractivity contribution in [1.82, 2.24) is 10.6 Å². The molecule has 2 rings (SSSR count). The number of hydrogen-bond donors (Lipinski definition) is 3. The Hall–Kier alpha value is -2.47. The second-order valence-electron chi connectivity index (χ2n) is 4.73. The molecule has 2 amide bonds. The first-order valence-electron chi connectivity index (χ1n) is 6.75. The first-order valence-corrected chi connectivity index (χ1v) is 6.75. The Morgan fingerprint density at radius 3 is 2.41 bits per heavy atom. The molecule has 0 aromatic heterocycles. The van der Waals surface area contributed by atoms with Crippen molar-refractivity contribution < 1.29 is 18.7 Å². The Kier molecular flexibility index (Phi) is 5.43. The lowest BCUT2D eigenvalue weighted by atomic mass is 10.1. The van der Waals surface area contributed by atoms with Crippen molar-refractivity contribution >= 4 is 6.03 Å². The fraction of sp³-hybridized carbons (Fsp3) is 0.188. The third kappa shape index (κ3) is 4.53. The maximum atomic E-state index is 13.4. The third-order valence-corrected chi connectivity index (χ3v) is 3.09. The smallest absolute Gasteiger partial charge is 0.315 e. The molecule has 0 fully saturated rings. The number of benzene rings is 2. The summed E-state index contributed by atoms with van der Waals surface area (Å²) in [6.07, 6.45) is -1.13. The van der Waals surface area contributed by atoms with E-state index in [1.54, 1.807) is 18.2 Å². The number of nitrogens with one attached hydrogen (secondary N) is 2. The molecule has 2 aromatic rings. The van der Waals surface area contributed by atoms with Gasteiger partial charge in [-0.2, -0.15) is 0 Å². The largest absolute Gasteiger partial charge is 0.386 e. The minimum Gasteiger partial charge on any atom is -0.386 e. The second kappa shape index (κ2) is 7.51. The number of aliphatic hydroxyl groups is 1. The van der Waals surface area contributed by atoms with Crippen LogP contribution >= 0.6 is 0 Å². The van der Waals surface area contributed by atoms with Gasteiger partial charge in [0.1, 0.15) is 11.6 Å². The van der Waals surface area contributed by atoms with E-state index in [1.165, 1.54) is 30.3 Å². The minimum absolute atomic E-state index is 0.115. The molecular formula is C16H16F2N2O2. The summed E-state index contributed by atoms with van der Waals surface area (Å²) in [6, 6.07) is 11.1. The predicted octanol–water partition coefficient (Wildman–Crippen LogP) is 2.50. The van der Waals surface area contributed by atoms with Gasteiger partial charge in [-0.15, -0.1) is 0 Å². The first kappa shape index (κ1) is 15.9. The fourth-order valence-corrected chi connectivity index (χ4v) is 1.89. The lowest BCUT2D eigenvalue weighted by Crippen LogP contribution is -2.37. The Labute approximate surface area is 126 Å². The quantitative estimate of drug-likeness (QED) is 0.795. The molecule has 0 spiro atoms. The van der Waals surface area contributed by atoms with Gasteiger partial charge in [0.2, 0.25) is 0 Å². The molecule has 0 heterocycles. The SMILES string of the molecule is O=C(NCc1ccc(F)cc1)NC[C@@H](O)c1ccccc1F. The van der Waals surface area contributed by atoms with Crippen LogP contribution in [0.2, 0.25) is 0 Å². The highest BCUT2D eigenvalue weighted by Crippen LogP contribution is 2.15. The zero-order chi connectivity index (χ0) is 15.9. The van der Waals surface area contributed by atoms with E-state index in [0.29, 0.717) is 0 Å². The molecule has 0 saturated carbocycles. The van der Waals surface area contributed by atoms with Gasteiger partial charge in [-0.3, -0.25) is 0 Å². The van der Waals surface area contributed by atoms with E-state index in [9.17, 15) is 18.7 Å². The molecule has 0 aliphatic carbocycles. The van der Waals surface area contributed by atoms with E-state index in [0.717, 1.165) is 5.56 Å². The molecule has 4 nitrogen and oxygen atoms in total. The van der Waals surface area contributed by atoms with Crippen LogP contribution in [0.15, 0.2) is 48.5 Å². The van der Waals surface area contributed by atoms with Crippen LogP contribution in [0.25, 0.3) is 0 Å². The average Bonchev–Trinajstić information content (AvgIpc) is 2.52. The lowest BCUT2D eigenvalue weighted by Gasteiger charge is -2.13. The van der Waals surface area contributed by atoms with Crippen LogP contribution in [-0.4, -0.2) is 17.7 Å². The number of urea groups is 1. The van der Waals surface area contributed by atoms with Crippen LogP contribution in [0.3, 0.4) is 0 Å². The van der Waals surface area contributed by atoms with E-state index >= 15 is 0 Å². The van der Waals surface area contributed by atoms with Crippen LogP contribution in [0.5, 0.6) is 0 Å². The van der Waals surface area contributed by atoms with Crippen molar-refractivity contribution in [3.8, 4) is 0 Å². The van der Waals surface area contributed by atoms with Gasteiger partial charge >= 0.3 is 6.03 Å². The van der Waals surface area contributed by atoms with Gasteiger partial charge in [0.15, 0.2) is 0 Å². The monoisotopic (exact) mass is 306 g/mol. The first-order chi connectivity index (χ1) is 10.6. The molecular weight excluding hydrogens is 290 g/mol. The molecule has 1 atom stereocenters. The molecule has 2 aromatic carbocycles. The maximum absolute atomic E-state index is 13.4. The molecule has 0 aliphatic rings. The van der Waals surface area contributed by atoms with E-state index in [1.807, 2.05) is 0 Å². The zero-order valence-corrected chi connectivity index (χ0v) is 11.7. The Bertz CT molecular complexity index is 632. The van der Waals surface area contributed by atoms with Crippen LogP contribution in [0.4, 0.5) is 13.6 Å². The van der Waals surface area contributed by atoms with Crippen LogP contribution in [0.1, 0.15) is 17.2 Å². The van der Waals surface area contributed by atoms with Crippen LogP contribution < -0.4 is 10.6 Å². The molecule has 22 heavy (non-hydrogen) atoms. The highest BCUT2D eigenvalue weighted by Gasteiger charge is 2.13. The number of rotatable bonds is 5. The molecule has 0 unspecified atom stereocenters. The van der Waals surface area contributed by atoms with Gasteiger partial charge in [-0.1, -0.05) is 30.3 Å². The summed E-state index contributed by atoms with van der Waals surface area (Å²) in [6.45, 7) is 0.109. The van der Waals surface area contributed by atoms with Crippen molar-refractivity contribution in [2.24, 2.45) is 0 Å². The van der Waals surface area contributed by atoms with Gasteiger partial charge in [-0.25, -0.2) is 13.6 Å². The highest BCUT2D eigenvalue weighted by atomic mass is 19.1. The van der Waals surface area contributed by atoms with Gasteiger partial charge in [-0.05, 0) is 23.8 Å². The zero-order valence-electron chi connectivity index (χ0n) is 11.7. The summed E-state index contributed by atoms with van der Waals surface area (Å²) in [7, 11) is 0. The summed E-state index contributed by atoms with van der Waals surface area (Å²) in [5.41, 5.74) is 0.868. The van der Waals surface area contributed by atoms with Gasteiger partial charge in [0.05, 0.1) is 6.10 Å². The van der Waals surface area contributed by atoms with E-state index in [2.05, 4.69) is 10.6 Å². The topological polar surface area (TPSA) is 61.4 Å². The molecule has 3 N–H and O–H groups in total. The van der Waals surface area contributed by atoms with Crippen molar-refractivity contribution in [2.75, 3.05) is 6.54 Å². The molecule has 0 aliphatic heterocycles. The van der Waals surface area contributed by atoms with Crippen molar-refractivity contribution in [1.29, 1.82) is 0 Å². The number of amides is 2. The second-order valence-corrected chi connectivity index (χ2v) is 4.73. The molecule has 0 bridgehead atoms. The number of carbonyl (C=O) groups excluding carboxylic acids is 1. The number of aliphatic hydroxyl groups excluding tert-OH is 1. The van der Waals surface area contributed by atoms with Gasteiger partial charge in [0.25, 0.3) is 0 Å². The fourth-order valence-electron chi connectivity index (χ4n) is 1.89. The van der Waals surface area contributed by atoms with E-state index in [-0.39, 0.29) is 24.5 Å². The molecule has 6 heteroatoms. The normalized spacial score (nSPS) is 11.8. The van der Waals surface area contributed by atoms with Crippen LogP contribution in [0, 0.1) is 11.6 Å². The molecule has 0 saturated heterocycles.